The zero-order valence-electron chi connectivity index (χ0n) is 9.79. The molecule has 2 fully saturated rings. The summed E-state index contributed by atoms with van der Waals surface area (Å²) in [5.74, 6) is -0.810. The van der Waals surface area contributed by atoms with Crippen molar-refractivity contribution in [2.75, 3.05) is 13.1 Å². The van der Waals surface area contributed by atoms with Gasteiger partial charge in [-0.1, -0.05) is 0 Å². The Balaban J connectivity index is 2.30. The van der Waals surface area contributed by atoms with Crippen molar-refractivity contribution >= 4 is 5.91 Å². The van der Waals surface area contributed by atoms with E-state index in [1.807, 2.05) is 0 Å². The lowest BCUT2D eigenvalue weighted by Crippen LogP contribution is -2.74. The summed E-state index contributed by atoms with van der Waals surface area (Å²) in [6, 6.07) is 0. The summed E-state index contributed by atoms with van der Waals surface area (Å²) in [4.78, 5) is 12.9. The van der Waals surface area contributed by atoms with Crippen molar-refractivity contribution in [3.05, 3.63) is 0 Å². The van der Waals surface area contributed by atoms with Crippen LogP contribution in [0.2, 0.25) is 0 Å². The lowest BCUT2D eigenvalue weighted by Gasteiger charge is -2.54. The topological polar surface area (TPSA) is 72.8 Å². The number of β-amino-alcohol motifs (C(OH)–C–C–N with tert-alkyl or cyclic N) is 1. The van der Waals surface area contributed by atoms with Gasteiger partial charge in [-0.05, 0) is 6.92 Å². The maximum absolute atomic E-state index is 12.8. The Bertz CT molecular complexity index is 376. The van der Waals surface area contributed by atoms with Crippen LogP contribution in [0.3, 0.4) is 0 Å². The van der Waals surface area contributed by atoms with Crippen molar-refractivity contribution in [2.45, 2.75) is 43.3 Å². The van der Waals surface area contributed by atoms with Crippen LogP contribution >= 0.6 is 0 Å². The first-order chi connectivity index (χ1) is 8.07. The van der Waals surface area contributed by atoms with E-state index in [0.29, 0.717) is 0 Å². The van der Waals surface area contributed by atoms with Crippen LogP contribution in [0.4, 0.5) is 13.2 Å². The molecule has 0 aromatic rings. The van der Waals surface area contributed by atoms with Crippen LogP contribution in [0.15, 0.2) is 0 Å². The number of hydrogen-bond acceptors (Lipinski definition) is 4. The van der Waals surface area contributed by atoms with Crippen LogP contribution in [0.5, 0.6) is 0 Å². The van der Waals surface area contributed by atoms with Crippen molar-refractivity contribution in [1.82, 2.24) is 10.2 Å². The van der Waals surface area contributed by atoms with Crippen LogP contribution in [0, 0.1) is 0 Å². The number of fused-ring (bicyclic) bond motifs is 1. The molecule has 0 bridgehead atoms. The van der Waals surface area contributed by atoms with Crippen LogP contribution in [-0.2, 0) is 4.79 Å². The maximum Gasteiger partial charge on any atom is 0.417 e. The van der Waals surface area contributed by atoms with E-state index < -0.39 is 42.3 Å². The van der Waals surface area contributed by atoms with Gasteiger partial charge in [0.2, 0.25) is 5.91 Å². The second kappa shape index (κ2) is 3.82. The average molecular weight is 268 g/mol. The Morgan fingerprint density at radius 2 is 2.11 bits per heavy atom. The predicted octanol–water partition coefficient (Wildman–Crippen LogP) is -0.418. The Morgan fingerprint density at radius 1 is 1.50 bits per heavy atom. The first-order valence-electron chi connectivity index (χ1n) is 5.60. The van der Waals surface area contributed by atoms with Gasteiger partial charge in [-0.2, -0.15) is 13.2 Å². The highest BCUT2D eigenvalue weighted by atomic mass is 19.4. The number of amides is 1. The molecule has 0 saturated carbocycles. The smallest absolute Gasteiger partial charge is 0.390 e. The fraction of sp³-hybridized carbons (Fsp3) is 0.900. The van der Waals surface area contributed by atoms with Gasteiger partial charge in [-0.15, -0.1) is 0 Å². The molecule has 5 nitrogen and oxygen atoms in total. The van der Waals surface area contributed by atoms with E-state index in [1.54, 1.807) is 0 Å². The number of piperidine rings is 1. The van der Waals surface area contributed by atoms with Crippen LogP contribution in [0.1, 0.15) is 19.8 Å². The van der Waals surface area contributed by atoms with E-state index in [2.05, 4.69) is 5.32 Å². The van der Waals surface area contributed by atoms with Gasteiger partial charge >= 0.3 is 6.18 Å². The molecule has 0 radical (unpaired) electrons. The first-order valence-corrected chi connectivity index (χ1v) is 5.60. The van der Waals surface area contributed by atoms with Gasteiger partial charge in [0, 0.05) is 19.5 Å². The highest BCUT2D eigenvalue weighted by Gasteiger charge is 2.63. The molecule has 0 aliphatic carbocycles. The Kier molecular flexibility index (Phi) is 2.88. The third-order valence-corrected chi connectivity index (χ3v) is 3.62. The van der Waals surface area contributed by atoms with Crippen LogP contribution < -0.4 is 5.32 Å². The number of alkyl halides is 3. The van der Waals surface area contributed by atoms with E-state index in [0.717, 1.165) is 0 Å². The molecule has 2 saturated heterocycles. The summed E-state index contributed by atoms with van der Waals surface area (Å²) >= 11 is 0. The number of aliphatic hydroxyl groups is 2. The Hall–Kier alpha value is -0.860. The standard InChI is InChI=1S/C10H15F3N2O3/c1-8-5-9(18,10(11,12)13)2-7(17)15(8)4-6(16)3-14-8/h6,14,16,18H,2-5H2,1H3/t6-,8+,9+/m1/s1. The van der Waals surface area contributed by atoms with Gasteiger partial charge in [0.25, 0.3) is 0 Å². The summed E-state index contributed by atoms with van der Waals surface area (Å²) in [6.45, 7) is 1.50. The molecule has 8 heteroatoms. The molecule has 2 heterocycles. The molecular formula is C10H15F3N2O3. The maximum atomic E-state index is 12.8. The molecule has 1 amide bonds. The largest absolute Gasteiger partial charge is 0.417 e. The quantitative estimate of drug-likeness (QED) is 0.558. The molecule has 2 aliphatic heterocycles. The molecule has 2 aliphatic rings. The number of hydrogen-bond donors (Lipinski definition) is 3. The number of carbonyl (C=O) groups excluding carboxylic acids is 1. The number of rotatable bonds is 0. The molecule has 3 atom stereocenters. The van der Waals surface area contributed by atoms with Crippen molar-refractivity contribution in [3.63, 3.8) is 0 Å². The number of nitrogens with zero attached hydrogens (tertiary/aromatic N) is 1. The van der Waals surface area contributed by atoms with E-state index in [1.165, 1.54) is 11.8 Å². The number of halogens is 3. The summed E-state index contributed by atoms with van der Waals surface area (Å²) in [5, 5.41) is 21.8. The van der Waals surface area contributed by atoms with E-state index in [9.17, 15) is 28.2 Å². The number of aliphatic hydroxyl groups excluding tert-OH is 1. The lowest BCUT2D eigenvalue weighted by molar-refractivity contribution is -0.284. The third kappa shape index (κ3) is 1.98. The Labute approximate surface area is 102 Å². The van der Waals surface area contributed by atoms with Gasteiger partial charge in [0.05, 0.1) is 18.2 Å². The highest BCUT2D eigenvalue weighted by molar-refractivity contribution is 5.79. The molecule has 18 heavy (non-hydrogen) atoms. The number of nitrogens with one attached hydrogen (secondary N) is 1. The fourth-order valence-corrected chi connectivity index (χ4v) is 2.62. The van der Waals surface area contributed by atoms with E-state index in [-0.39, 0.29) is 13.1 Å². The second-order valence-corrected chi connectivity index (χ2v) is 5.20. The SMILES string of the molecule is C[C@@]12C[C@](O)(C(F)(F)F)CC(=O)N1C[C@H](O)CN2. The molecule has 3 N–H and O–H groups in total. The molecule has 0 aromatic heterocycles. The highest BCUT2D eigenvalue weighted by Crippen LogP contribution is 2.44. The summed E-state index contributed by atoms with van der Waals surface area (Å²) in [5.41, 5.74) is -4.29. The fourth-order valence-electron chi connectivity index (χ4n) is 2.62. The Morgan fingerprint density at radius 3 is 2.67 bits per heavy atom. The predicted molar refractivity (Wildman–Crippen MR) is 54.4 cm³/mol. The van der Waals surface area contributed by atoms with Crippen molar-refractivity contribution in [1.29, 1.82) is 0 Å². The summed E-state index contributed by atoms with van der Waals surface area (Å²) < 4.78 is 38.4. The van der Waals surface area contributed by atoms with Gasteiger partial charge < -0.3 is 15.1 Å². The third-order valence-electron chi connectivity index (χ3n) is 3.62. The molecular weight excluding hydrogens is 253 g/mol. The molecule has 104 valence electrons. The second-order valence-electron chi connectivity index (χ2n) is 5.20. The normalized spacial score (nSPS) is 41.8. The zero-order valence-corrected chi connectivity index (χ0v) is 9.79. The van der Waals surface area contributed by atoms with Gasteiger partial charge in [-0.3, -0.25) is 10.1 Å². The van der Waals surface area contributed by atoms with Crippen molar-refractivity contribution < 1.29 is 28.2 Å². The van der Waals surface area contributed by atoms with Crippen molar-refractivity contribution in [3.8, 4) is 0 Å². The monoisotopic (exact) mass is 268 g/mol. The molecule has 0 spiro atoms. The minimum Gasteiger partial charge on any atom is -0.390 e. The van der Waals surface area contributed by atoms with Gasteiger partial charge in [-0.25, -0.2) is 0 Å². The number of carbonyl (C=O) groups is 1. The average Bonchev–Trinajstić information content (AvgIpc) is 2.18. The van der Waals surface area contributed by atoms with E-state index in [4.69, 9.17) is 0 Å². The van der Waals surface area contributed by atoms with Crippen LogP contribution in [0.25, 0.3) is 0 Å². The van der Waals surface area contributed by atoms with Crippen LogP contribution in [-0.4, -0.2) is 57.7 Å². The summed E-state index contributed by atoms with van der Waals surface area (Å²) in [6.07, 6.45) is -7.29. The molecule has 0 aromatic carbocycles. The van der Waals surface area contributed by atoms with Gasteiger partial charge in [0.1, 0.15) is 0 Å². The minimum absolute atomic E-state index is 0.0176. The van der Waals surface area contributed by atoms with Crippen molar-refractivity contribution in [2.24, 2.45) is 0 Å². The van der Waals surface area contributed by atoms with Gasteiger partial charge in [0.15, 0.2) is 5.60 Å². The molecule has 0 unspecified atom stereocenters. The minimum atomic E-state index is -4.85. The summed E-state index contributed by atoms with van der Waals surface area (Å²) in [7, 11) is 0. The molecule has 2 rings (SSSR count). The zero-order chi connectivity index (χ0) is 13.8. The van der Waals surface area contributed by atoms with E-state index >= 15 is 0 Å². The lowest BCUT2D eigenvalue weighted by atomic mass is 9.80. The first kappa shape index (κ1) is 13.6.